The number of carbonyl (C=O) groups is 2. The molecule has 5 nitrogen and oxygen atoms in total. The lowest BCUT2D eigenvalue weighted by atomic mass is 10.1. The van der Waals surface area contributed by atoms with Gasteiger partial charge in [-0.05, 0) is 12.0 Å². The molecule has 0 aliphatic carbocycles. The van der Waals surface area contributed by atoms with Crippen molar-refractivity contribution in [2.24, 2.45) is 0 Å². The lowest BCUT2D eigenvalue weighted by molar-refractivity contribution is -0.137. The summed E-state index contributed by atoms with van der Waals surface area (Å²) in [6.45, 7) is 1.17. The predicted molar refractivity (Wildman–Crippen MR) is 83.6 cm³/mol. The normalized spacial score (nSPS) is 18.3. The second-order valence-corrected chi connectivity index (χ2v) is 6.14. The second-order valence-electron chi connectivity index (χ2n) is 4.99. The Morgan fingerprint density at radius 3 is 2.81 bits per heavy atom. The van der Waals surface area contributed by atoms with Crippen molar-refractivity contribution in [3.63, 3.8) is 0 Å². The molecule has 21 heavy (non-hydrogen) atoms. The summed E-state index contributed by atoms with van der Waals surface area (Å²) in [5.41, 5.74) is 1.18. The molecule has 1 atom stereocenters. The Bertz CT molecular complexity index is 481. The average molecular weight is 308 g/mol. The molecule has 1 aliphatic rings. The van der Waals surface area contributed by atoms with Gasteiger partial charge in [-0.25, -0.2) is 4.79 Å². The van der Waals surface area contributed by atoms with E-state index in [-0.39, 0.29) is 18.5 Å². The predicted octanol–water partition coefficient (Wildman–Crippen LogP) is 1.83. The van der Waals surface area contributed by atoms with Crippen molar-refractivity contribution < 1.29 is 14.7 Å². The second kappa shape index (κ2) is 7.93. The van der Waals surface area contributed by atoms with Crippen molar-refractivity contribution in [2.45, 2.75) is 18.9 Å². The van der Waals surface area contributed by atoms with Crippen molar-refractivity contribution >= 4 is 23.8 Å². The first kappa shape index (κ1) is 15.7. The first-order valence-corrected chi connectivity index (χ1v) is 8.20. The number of amides is 2. The third-order valence-corrected chi connectivity index (χ3v) is 4.52. The Morgan fingerprint density at radius 2 is 2.10 bits per heavy atom. The molecule has 0 spiro atoms. The van der Waals surface area contributed by atoms with Crippen LogP contribution in [-0.4, -0.2) is 52.6 Å². The van der Waals surface area contributed by atoms with Gasteiger partial charge in [0.2, 0.25) is 0 Å². The van der Waals surface area contributed by atoms with Gasteiger partial charge < -0.3 is 15.3 Å². The smallest absolute Gasteiger partial charge is 0.317 e. The molecule has 2 rings (SSSR count). The Morgan fingerprint density at radius 1 is 1.33 bits per heavy atom. The Labute approximate surface area is 128 Å². The minimum absolute atomic E-state index is 0.0130. The Hall–Kier alpha value is -1.69. The summed E-state index contributed by atoms with van der Waals surface area (Å²) in [7, 11) is 0. The largest absolute Gasteiger partial charge is 0.481 e. The van der Waals surface area contributed by atoms with Crippen LogP contribution in [0.1, 0.15) is 12.0 Å². The standard InChI is InChI=1S/C15H20N2O3S/c18-14(19)10-13-11-21-9-8-17(13)15(20)16-7-6-12-4-2-1-3-5-12/h1-5,13H,6-11H2,(H,16,20)(H,18,19). The number of nitrogens with one attached hydrogen (secondary N) is 1. The summed E-state index contributed by atoms with van der Waals surface area (Å²) in [5, 5.41) is 11.8. The van der Waals surface area contributed by atoms with Crippen LogP contribution in [0.15, 0.2) is 30.3 Å². The minimum Gasteiger partial charge on any atom is -0.481 e. The van der Waals surface area contributed by atoms with Crippen molar-refractivity contribution in [3.8, 4) is 0 Å². The molecule has 1 aliphatic heterocycles. The zero-order valence-corrected chi connectivity index (χ0v) is 12.6. The molecule has 1 saturated heterocycles. The van der Waals surface area contributed by atoms with E-state index in [4.69, 9.17) is 5.11 Å². The molecule has 114 valence electrons. The molecule has 0 aromatic heterocycles. The third-order valence-electron chi connectivity index (χ3n) is 3.43. The monoisotopic (exact) mass is 308 g/mol. The molecule has 2 amide bonds. The molecule has 1 aromatic carbocycles. The van der Waals surface area contributed by atoms with Crippen molar-refractivity contribution in [1.29, 1.82) is 0 Å². The van der Waals surface area contributed by atoms with Crippen LogP contribution in [0.3, 0.4) is 0 Å². The summed E-state index contributed by atoms with van der Waals surface area (Å²) in [5.74, 6) is 0.699. The maximum Gasteiger partial charge on any atom is 0.317 e. The highest BCUT2D eigenvalue weighted by Crippen LogP contribution is 2.19. The number of carboxylic acid groups (broad SMARTS) is 1. The minimum atomic E-state index is -0.857. The van der Waals surface area contributed by atoms with E-state index >= 15 is 0 Å². The van der Waals surface area contributed by atoms with Gasteiger partial charge in [0.25, 0.3) is 0 Å². The fourth-order valence-corrected chi connectivity index (χ4v) is 3.42. The van der Waals surface area contributed by atoms with Crippen molar-refractivity contribution in [3.05, 3.63) is 35.9 Å². The third kappa shape index (κ3) is 4.97. The Balaban J connectivity index is 1.81. The van der Waals surface area contributed by atoms with E-state index in [0.717, 1.165) is 12.2 Å². The number of nitrogens with zero attached hydrogens (tertiary/aromatic N) is 1. The molecule has 6 heteroatoms. The van der Waals surface area contributed by atoms with E-state index in [1.807, 2.05) is 30.3 Å². The summed E-state index contributed by atoms with van der Waals surface area (Å²) in [6, 6.07) is 9.59. The highest BCUT2D eigenvalue weighted by molar-refractivity contribution is 7.99. The molecule has 1 fully saturated rings. The van der Waals surface area contributed by atoms with Crippen LogP contribution in [0.2, 0.25) is 0 Å². The van der Waals surface area contributed by atoms with E-state index in [2.05, 4.69) is 5.32 Å². The number of urea groups is 1. The first-order chi connectivity index (χ1) is 10.2. The maximum atomic E-state index is 12.2. The highest BCUT2D eigenvalue weighted by Gasteiger charge is 2.28. The van der Waals surface area contributed by atoms with Crippen LogP contribution in [0.4, 0.5) is 4.79 Å². The number of hydrogen-bond donors (Lipinski definition) is 2. The summed E-state index contributed by atoms with van der Waals surface area (Å²) < 4.78 is 0. The molecule has 1 unspecified atom stereocenters. The number of benzene rings is 1. The highest BCUT2D eigenvalue weighted by atomic mass is 32.2. The molecular weight excluding hydrogens is 288 g/mol. The fourth-order valence-electron chi connectivity index (χ4n) is 2.35. The van der Waals surface area contributed by atoms with E-state index in [1.54, 1.807) is 16.7 Å². The van der Waals surface area contributed by atoms with E-state index in [9.17, 15) is 9.59 Å². The summed E-state index contributed by atoms with van der Waals surface area (Å²) in [4.78, 5) is 24.7. The number of thioether (sulfide) groups is 1. The summed E-state index contributed by atoms with van der Waals surface area (Å²) >= 11 is 1.70. The molecule has 1 aromatic rings. The van der Waals surface area contributed by atoms with Crippen LogP contribution in [0.5, 0.6) is 0 Å². The molecular formula is C15H20N2O3S. The number of carbonyl (C=O) groups excluding carboxylic acids is 1. The van der Waals surface area contributed by atoms with Crippen LogP contribution >= 0.6 is 11.8 Å². The lowest BCUT2D eigenvalue weighted by Gasteiger charge is -2.34. The van der Waals surface area contributed by atoms with Crippen LogP contribution in [-0.2, 0) is 11.2 Å². The van der Waals surface area contributed by atoms with E-state index < -0.39 is 5.97 Å². The van der Waals surface area contributed by atoms with Crippen LogP contribution in [0, 0.1) is 0 Å². The zero-order chi connectivity index (χ0) is 15.1. The molecule has 0 bridgehead atoms. The topological polar surface area (TPSA) is 69.6 Å². The summed E-state index contributed by atoms with van der Waals surface area (Å²) in [6.07, 6.45) is 0.790. The van der Waals surface area contributed by atoms with Crippen molar-refractivity contribution in [2.75, 3.05) is 24.6 Å². The van der Waals surface area contributed by atoms with Gasteiger partial charge in [-0.1, -0.05) is 30.3 Å². The maximum absolute atomic E-state index is 12.2. The van der Waals surface area contributed by atoms with Gasteiger partial charge in [0.15, 0.2) is 0 Å². The SMILES string of the molecule is O=C(O)CC1CSCCN1C(=O)NCCc1ccccc1. The van der Waals surface area contributed by atoms with Crippen molar-refractivity contribution in [1.82, 2.24) is 10.2 Å². The molecule has 2 N–H and O–H groups in total. The van der Waals surface area contributed by atoms with Gasteiger partial charge in [-0.15, -0.1) is 0 Å². The molecule has 1 heterocycles. The van der Waals surface area contributed by atoms with Gasteiger partial charge in [-0.2, -0.15) is 11.8 Å². The van der Waals surface area contributed by atoms with E-state index in [0.29, 0.717) is 18.8 Å². The van der Waals surface area contributed by atoms with E-state index in [1.165, 1.54) is 5.56 Å². The number of carboxylic acids is 1. The lowest BCUT2D eigenvalue weighted by Crippen LogP contribution is -2.51. The van der Waals surface area contributed by atoms with Gasteiger partial charge >= 0.3 is 12.0 Å². The number of aliphatic carboxylic acids is 1. The van der Waals surface area contributed by atoms with Gasteiger partial charge in [0, 0.05) is 24.6 Å². The van der Waals surface area contributed by atoms with Gasteiger partial charge in [0.1, 0.15) is 0 Å². The van der Waals surface area contributed by atoms with Gasteiger partial charge in [-0.3, -0.25) is 4.79 Å². The first-order valence-electron chi connectivity index (χ1n) is 7.05. The Kier molecular flexibility index (Phi) is 5.92. The number of hydrogen-bond acceptors (Lipinski definition) is 3. The average Bonchev–Trinajstić information content (AvgIpc) is 2.48. The van der Waals surface area contributed by atoms with Crippen LogP contribution < -0.4 is 5.32 Å². The van der Waals surface area contributed by atoms with Gasteiger partial charge in [0.05, 0.1) is 12.5 Å². The zero-order valence-electron chi connectivity index (χ0n) is 11.8. The quantitative estimate of drug-likeness (QED) is 0.871. The fraction of sp³-hybridized carbons (Fsp3) is 0.467. The number of rotatable bonds is 5. The molecule has 0 radical (unpaired) electrons. The van der Waals surface area contributed by atoms with Crippen LogP contribution in [0.25, 0.3) is 0 Å². The molecule has 0 saturated carbocycles.